The molecule has 82 valence electrons. The van der Waals surface area contributed by atoms with E-state index in [4.69, 9.17) is 0 Å². The van der Waals surface area contributed by atoms with E-state index in [1.165, 1.54) is 0 Å². The van der Waals surface area contributed by atoms with Gasteiger partial charge < -0.3 is 0 Å². The number of rotatable bonds is 3. The van der Waals surface area contributed by atoms with Gasteiger partial charge in [0.2, 0.25) is 0 Å². The fourth-order valence-corrected chi connectivity index (χ4v) is 2.14. The Morgan fingerprint density at radius 2 is 1.81 bits per heavy atom. The summed E-state index contributed by atoms with van der Waals surface area (Å²) < 4.78 is 0. The maximum absolute atomic E-state index is 4.54. The molecule has 0 fully saturated rings. The predicted molar refractivity (Wildman–Crippen MR) is 68.5 cm³/mol. The number of hydrogen-bond donors (Lipinski definition) is 0. The first-order valence-electron chi connectivity index (χ1n) is 5.31. The van der Waals surface area contributed by atoms with Crippen LogP contribution in [-0.4, -0.2) is 15.2 Å². The van der Waals surface area contributed by atoms with Gasteiger partial charge in [-0.1, -0.05) is 44.2 Å². The summed E-state index contributed by atoms with van der Waals surface area (Å²) in [7, 11) is 0. The molecule has 16 heavy (non-hydrogen) atoms. The highest BCUT2D eigenvalue weighted by Crippen LogP contribution is 2.22. The molecule has 0 unspecified atom stereocenters. The minimum absolute atomic E-state index is 0.540. The van der Waals surface area contributed by atoms with Crippen molar-refractivity contribution in [3.63, 3.8) is 0 Å². The van der Waals surface area contributed by atoms with Crippen molar-refractivity contribution in [1.82, 2.24) is 9.97 Å². The summed E-state index contributed by atoms with van der Waals surface area (Å²) >= 11 is 1.76. The second-order valence-electron chi connectivity index (χ2n) is 3.75. The molecule has 0 saturated heterocycles. The van der Waals surface area contributed by atoms with Gasteiger partial charge in [0.05, 0.1) is 0 Å². The normalized spacial score (nSPS) is 10.7. The molecule has 1 aromatic carbocycles. The van der Waals surface area contributed by atoms with Gasteiger partial charge in [0, 0.05) is 17.0 Å². The van der Waals surface area contributed by atoms with Gasteiger partial charge in [-0.05, 0) is 6.07 Å². The maximum Gasteiger partial charge on any atom is 0.160 e. The molecule has 0 aliphatic heterocycles. The lowest BCUT2D eigenvalue weighted by Crippen LogP contribution is -1.93. The summed E-state index contributed by atoms with van der Waals surface area (Å²) in [6, 6.07) is 12.0. The standard InChI is InChI=1S/C13H14N2S/c1-10(2)16-12-8-9-14-13(15-12)11-6-4-3-5-7-11/h3-10H,1-2H3. The molecular weight excluding hydrogens is 216 g/mol. The van der Waals surface area contributed by atoms with E-state index in [-0.39, 0.29) is 0 Å². The van der Waals surface area contributed by atoms with Crippen LogP contribution in [0.2, 0.25) is 0 Å². The molecule has 0 aliphatic rings. The summed E-state index contributed by atoms with van der Waals surface area (Å²) in [6.45, 7) is 4.32. The molecule has 0 N–H and O–H groups in total. The van der Waals surface area contributed by atoms with Gasteiger partial charge >= 0.3 is 0 Å². The van der Waals surface area contributed by atoms with Crippen molar-refractivity contribution in [1.29, 1.82) is 0 Å². The van der Waals surface area contributed by atoms with E-state index >= 15 is 0 Å². The fourth-order valence-electron chi connectivity index (χ4n) is 1.38. The number of thioether (sulfide) groups is 1. The molecule has 0 aliphatic carbocycles. The van der Waals surface area contributed by atoms with E-state index in [9.17, 15) is 0 Å². The number of benzene rings is 1. The van der Waals surface area contributed by atoms with Gasteiger partial charge in [0.1, 0.15) is 5.03 Å². The lowest BCUT2D eigenvalue weighted by Gasteiger charge is -2.05. The summed E-state index contributed by atoms with van der Waals surface area (Å²) in [5.41, 5.74) is 1.06. The van der Waals surface area contributed by atoms with Gasteiger partial charge in [0.25, 0.3) is 0 Å². The molecule has 0 amide bonds. The lowest BCUT2D eigenvalue weighted by molar-refractivity contribution is 1.03. The van der Waals surface area contributed by atoms with Gasteiger partial charge in [-0.3, -0.25) is 0 Å². The highest BCUT2D eigenvalue weighted by Gasteiger charge is 2.03. The van der Waals surface area contributed by atoms with E-state index in [1.807, 2.05) is 42.6 Å². The zero-order valence-electron chi connectivity index (χ0n) is 9.42. The van der Waals surface area contributed by atoms with Gasteiger partial charge in [-0.2, -0.15) is 0 Å². The van der Waals surface area contributed by atoms with Crippen LogP contribution < -0.4 is 0 Å². The third kappa shape index (κ3) is 2.83. The van der Waals surface area contributed by atoms with Crippen molar-refractivity contribution in [2.45, 2.75) is 24.1 Å². The van der Waals surface area contributed by atoms with Crippen LogP contribution >= 0.6 is 11.8 Å². The highest BCUT2D eigenvalue weighted by molar-refractivity contribution is 7.99. The third-order valence-electron chi connectivity index (χ3n) is 2.02. The Hall–Kier alpha value is -1.35. The topological polar surface area (TPSA) is 25.8 Å². The first kappa shape index (κ1) is 11.1. The van der Waals surface area contributed by atoms with Crippen LogP contribution in [0.15, 0.2) is 47.6 Å². The molecule has 2 rings (SSSR count). The maximum atomic E-state index is 4.54. The lowest BCUT2D eigenvalue weighted by atomic mass is 10.2. The average Bonchev–Trinajstić information content (AvgIpc) is 2.30. The molecular formula is C13H14N2S. The quantitative estimate of drug-likeness (QED) is 0.594. The highest BCUT2D eigenvalue weighted by atomic mass is 32.2. The molecule has 0 bridgehead atoms. The summed E-state index contributed by atoms with van der Waals surface area (Å²) in [4.78, 5) is 8.83. The van der Waals surface area contributed by atoms with Crippen molar-refractivity contribution in [3.8, 4) is 11.4 Å². The van der Waals surface area contributed by atoms with Crippen LogP contribution in [0.3, 0.4) is 0 Å². The summed E-state index contributed by atoms with van der Waals surface area (Å²) in [6.07, 6.45) is 1.82. The monoisotopic (exact) mass is 230 g/mol. The Morgan fingerprint density at radius 3 is 2.50 bits per heavy atom. The SMILES string of the molecule is CC(C)Sc1ccnc(-c2ccccc2)n1. The molecule has 2 aromatic rings. The molecule has 0 radical (unpaired) electrons. The van der Waals surface area contributed by atoms with Crippen LogP contribution in [-0.2, 0) is 0 Å². The van der Waals surface area contributed by atoms with Crippen molar-refractivity contribution >= 4 is 11.8 Å². The summed E-state index contributed by atoms with van der Waals surface area (Å²) in [5, 5.41) is 1.57. The van der Waals surface area contributed by atoms with E-state index in [1.54, 1.807) is 11.8 Å². The van der Waals surface area contributed by atoms with Crippen molar-refractivity contribution in [2.24, 2.45) is 0 Å². The Labute approximate surface area is 100 Å². The minimum Gasteiger partial charge on any atom is -0.237 e. The molecule has 1 heterocycles. The van der Waals surface area contributed by atoms with Crippen molar-refractivity contribution in [3.05, 3.63) is 42.6 Å². The first-order valence-corrected chi connectivity index (χ1v) is 6.19. The van der Waals surface area contributed by atoms with Gasteiger partial charge in [0.15, 0.2) is 5.82 Å². The number of aromatic nitrogens is 2. The van der Waals surface area contributed by atoms with Crippen molar-refractivity contribution in [2.75, 3.05) is 0 Å². The molecule has 0 saturated carbocycles. The van der Waals surface area contributed by atoms with Crippen LogP contribution in [0.4, 0.5) is 0 Å². The Morgan fingerprint density at radius 1 is 1.06 bits per heavy atom. The zero-order chi connectivity index (χ0) is 11.4. The Kier molecular flexibility index (Phi) is 3.57. The summed E-state index contributed by atoms with van der Waals surface area (Å²) in [5.74, 6) is 0.797. The third-order valence-corrected chi connectivity index (χ3v) is 2.96. The molecule has 3 heteroatoms. The molecule has 0 atom stereocenters. The van der Waals surface area contributed by atoms with Crippen molar-refractivity contribution < 1.29 is 0 Å². The minimum atomic E-state index is 0.540. The first-order chi connectivity index (χ1) is 7.75. The number of nitrogens with zero attached hydrogens (tertiary/aromatic N) is 2. The molecule has 0 spiro atoms. The van der Waals surface area contributed by atoms with E-state index < -0.39 is 0 Å². The van der Waals surface area contributed by atoms with E-state index in [2.05, 4.69) is 23.8 Å². The zero-order valence-corrected chi connectivity index (χ0v) is 10.2. The van der Waals surface area contributed by atoms with Gasteiger partial charge in [-0.15, -0.1) is 11.8 Å². The van der Waals surface area contributed by atoms with Crippen LogP contribution in [0.25, 0.3) is 11.4 Å². The molecule has 2 nitrogen and oxygen atoms in total. The van der Waals surface area contributed by atoms with Crippen LogP contribution in [0, 0.1) is 0 Å². The van der Waals surface area contributed by atoms with Crippen LogP contribution in [0.5, 0.6) is 0 Å². The Bertz CT molecular complexity index is 454. The fraction of sp³-hybridized carbons (Fsp3) is 0.231. The van der Waals surface area contributed by atoms with E-state index in [0.717, 1.165) is 16.4 Å². The predicted octanol–water partition coefficient (Wildman–Crippen LogP) is 3.64. The van der Waals surface area contributed by atoms with Gasteiger partial charge in [-0.25, -0.2) is 9.97 Å². The largest absolute Gasteiger partial charge is 0.237 e. The second kappa shape index (κ2) is 5.12. The number of hydrogen-bond acceptors (Lipinski definition) is 3. The van der Waals surface area contributed by atoms with Crippen LogP contribution in [0.1, 0.15) is 13.8 Å². The van der Waals surface area contributed by atoms with E-state index in [0.29, 0.717) is 5.25 Å². The second-order valence-corrected chi connectivity index (χ2v) is 5.35. The Balaban J connectivity index is 2.29. The smallest absolute Gasteiger partial charge is 0.160 e. The average molecular weight is 230 g/mol. The molecule has 1 aromatic heterocycles.